The Balaban J connectivity index is 1.44. The molecule has 0 aliphatic carbocycles. The normalized spacial score (nSPS) is 15.7. The lowest BCUT2D eigenvalue weighted by Crippen LogP contribution is -2.42. The summed E-state index contributed by atoms with van der Waals surface area (Å²) in [4.78, 5) is 13.8. The highest BCUT2D eigenvalue weighted by Crippen LogP contribution is 2.38. The summed E-state index contributed by atoms with van der Waals surface area (Å²) in [6, 6.07) is 10.8. The number of methoxy groups -OCH3 is 1. The maximum atomic E-state index is 15.7. The number of fused-ring (bicyclic) bond motifs is 1. The van der Waals surface area contributed by atoms with Crippen molar-refractivity contribution in [1.29, 1.82) is 0 Å². The van der Waals surface area contributed by atoms with E-state index in [1.54, 1.807) is 50.2 Å². The van der Waals surface area contributed by atoms with E-state index in [4.69, 9.17) is 4.74 Å². The van der Waals surface area contributed by atoms with Crippen LogP contribution in [0.3, 0.4) is 0 Å². The predicted molar refractivity (Wildman–Crippen MR) is 161 cm³/mol. The molecule has 41 heavy (non-hydrogen) atoms. The van der Waals surface area contributed by atoms with Crippen LogP contribution in [0.15, 0.2) is 41.3 Å². The average Bonchev–Trinajstić information content (AvgIpc) is 3.43. The molecule has 5 rings (SSSR count). The van der Waals surface area contributed by atoms with Crippen LogP contribution in [0.1, 0.15) is 32.3 Å². The Morgan fingerprint density at radius 3 is 2.49 bits per heavy atom. The first-order valence-corrected chi connectivity index (χ1v) is 15.4. The first-order chi connectivity index (χ1) is 19.6. The first kappa shape index (κ1) is 28.9. The second-order valence-electron chi connectivity index (χ2n) is 10.9. The number of piperidine rings is 1. The molecule has 3 heterocycles. The summed E-state index contributed by atoms with van der Waals surface area (Å²) in [5.41, 5.74) is 2.18. The van der Waals surface area contributed by atoms with Crippen LogP contribution in [0.2, 0.25) is 0 Å². The Labute approximate surface area is 241 Å². The zero-order chi connectivity index (χ0) is 29.3. The minimum absolute atomic E-state index is 0.0807. The summed E-state index contributed by atoms with van der Waals surface area (Å²) in [7, 11) is 2.06. The fourth-order valence-electron chi connectivity index (χ4n) is 5.36. The number of rotatable bonds is 9. The van der Waals surface area contributed by atoms with Crippen LogP contribution in [-0.2, 0) is 16.3 Å². The summed E-state index contributed by atoms with van der Waals surface area (Å²) in [6.07, 6.45) is 2.60. The smallest absolute Gasteiger partial charge is 0.231 e. The molecule has 0 unspecified atom stereocenters. The van der Waals surface area contributed by atoms with Crippen molar-refractivity contribution in [3.8, 4) is 5.75 Å². The van der Waals surface area contributed by atoms with Gasteiger partial charge >= 0.3 is 0 Å². The third-order valence-electron chi connectivity index (χ3n) is 7.80. The van der Waals surface area contributed by atoms with E-state index in [0.717, 1.165) is 31.5 Å². The highest BCUT2D eigenvalue weighted by atomic mass is 32.2. The average molecular weight is 584 g/mol. The van der Waals surface area contributed by atoms with Gasteiger partial charge in [0.2, 0.25) is 5.95 Å². The van der Waals surface area contributed by atoms with Gasteiger partial charge in [-0.15, -0.1) is 0 Å². The molecule has 1 saturated heterocycles. The number of hydrogen-bond acceptors (Lipinski definition) is 10. The summed E-state index contributed by atoms with van der Waals surface area (Å²) in [5.74, 6) is 0.980. The van der Waals surface area contributed by atoms with Gasteiger partial charge < -0.3 is 30.5 Å². The molecule has 1 fully saturated rings. The largest absolute Gasteiger partial charge is 0.492 e. The number of hydrogen-bond donors (Lipinski definition) is 3. The van der Waals surface area contributed by atoms with Gasteiger partial charge in [0, 0.05) is 31.2 Å². The molecule has 0 saturated carbocycles. The van der Waals surface area contributed by atoms with Crippen LogP contribution in [0.25, 0.3) is 0 Å². The Bertz CT molecular complexity index is 1520. The van der Waals surface area contributed by atoms with Crippen molar-refractivity contribution in [1.82, 2.24) is 14.9 Å². The van der Waals surface area contributed by atoms with Crippen LogP contribution in [-0.4, -0.2) is 75.4 Å². The molecule has 220 valence electrons. The number of para-hydroxylation sites is 1. The highest BCUT2D eigenvalue weighted by molar-refractivity contribution is 7.92. The van der Waals surface area contributed by atoms with Gasteiger partial charge in [-0.25, -0.2) is 12.8 Å². The molecule has 0 atom stereocenters. The van der Waals surface area contributed by atoms with E-state index < -0.39 is 20.9 Å². The quantitative estimate of drug-likeness (QED) is 0.325. The van der Waals surface area contributed by atoms with Gasteiger partial charge in [0.05, 0.1) is 34.3 Å². The lowest BCUT2D eigenvalue weighted by molar-refractivity contribution is 0.249. The second kappa shape index (κ2) is 11.7. The molecule has 12 heteroatoms. The molecule has 3 N–H and O–H groups in total. The van der Waals surface area contributed by atoms with Gasteiger partial charge in [0.1, 0.15) is 11.6 Å². The minimum Gasteiger partial charge on any atom is -0.492 e. The Kier molecular flexibility index (Phi) is 8.23. The van der Waals surface area contributed by atoms with Crippen molar-refractivity contribution < 1.29 is 17.5 Å². The van der Waals surface area contributed by atoms with Crippen LogP contribution >= 0.6 is 0 Å². The van der Waals surface area contributed by atoms with Crippen LogP contribution in [0.5, 0.6) is 5.75 Å². The number of nitrogens with zero attached hydrogens (tertiary/aromatic N) is 4. The van der Waals surface area contributed by atoms with E-state index in [1.807, 2.05) is 0 Å². The van der Waals surface area contributed by atoms with E-state index in [-0.39, 0.29) is 16.6 Å². The zero-order valence-electron chi connectivity index (χ0n) is 24.2. The number of halogens is 1. The number of aromatic nitrogens is 2. The second-order valence-corrected chi connectivity index (χ2v) is 13.4. The van der Waals surface area contributed by atoms with Crippen molar-refractivity contribution in [2.75, 3.05) is 61.7 Å². The summed E-state index contributed by atoms with van der Waals surface area (Å²) >= 11 is 0. The van der Waals surface area contributed by atoms with E-state index in [2.05, 4.69) is 49.8 Å². The van der Waals surface area contributed by atoms with E-state index in [1.165, 1.54) is 7.11 Å². The van der Waals surface area contributed by atoms with Gasteiger partial charge in [0.15, 0.2) is 21.4 Å². The lowest BCUT2D eigenvalue weighted by atomic mass is 10.0. The van der Waals surface area contributed by atoms with Gasteiger partial charge in [-0.3, -0.25) is 0 Å². The van der Waals surface area contributed by atoms with Gasteiger partial charge in [0.25, 0.3) is 0 Å². The summed E-state index contributed by atoms with van der Waals surface area (Å²) in [5, 5.41) is 9.04. The maximum Gasteiger partial charge on any atom is 0.231 e. The van der Waals surface area contributed by atoms with Crippen LogP contribution in [0, 0.1) is 5.82 Å². The molecule has 1 aromatic heterocycles. The number of sulfone groups is 1. The minimum atomic E-state index is -3.54. The van der Waals surface area contributed by atoms with Crippen LogP contribution in [0.4, 0.5) is 39.0 Å². The lowest BCUT2D eigenvalue weighted by Gasteiger charge is -2.36. The topological polar surface area (TPSA) is 112 Å². The van der Waals surface area contributed by atoms with E-state index in [9.17, 15) is 8.42 Å². The Morgan fingerprint density at radius 1 is 1.07 bits per heavy atom. The van der Waals surface area contributed by atoms with E-state index >= 15 is 4.39 Å². The van der Waals surface area contributed by atoms with Crippen LogP contribution < -0.4 is 25.6 Å². The molecule has 2 aromatic carbocycles. The third-order valence-corrected chi connectivity index (χ3v) is 10.0. The van der Waals surface area contributed by atoms with Gasteiger partial charge in [-0.2, -0.15) is 9.97 Å². The number of ether oxygens (including phenoxy) is 1. The van der Waals surface area contributed by atoms with Crippen molar-refractivity contribution in [2.24, 2.45) is 0 Å². The Morgan fingerprint density at radius 2 is 1.80 bits per heavy atom. The predicted octanol–water partition coefficient (Wildman–Crippen LogP) is 4.79. The van der Waals surface area contributed by atoms with Crippen molar-refractivity contribution in [2.45, 2.75) is 49.3 Å². The molecule has 2 aliphatic heterocycles. The maximum absolute atomic E-state index is 15.7. The SMILES string of the molecule is COc1c(Nc2nc3c(c(Nc4ccccc4S(=O)(=O)C(C)C)n2)CCN3)ccc(N2CCC(N(C)C)CC2)c1F. The Hall–Kier alpha value is -3.64. The zero-order valence-corrected chi connectivity index (χ0v) is 25.0. The molecular formula is C29H38FN7O3S. The fourth-order valence-corrected chi connectivity index (χ4v) is 6.56. The summed E-state index contributed by atoms with van der Waals surface area (Å²) < 4.78 is 47.3. The van der Waals surface area contributed by atoms with Crippen molar-refractivity contribution in [3.63, 3.8) is 0 Å². The standard InChI is InChI=1S/C29H38FN7O3S/c1-18(2)41(38,39)24-9-7-6-8-21(24)32-28-20-12-15-31-27(20)34-29(35-28)33-22-10-11-23(25(30)26(22)40-5)37-16-13-19(14-17-37)36(3)4/h6-11,18-19H,12-17H2,1-5H3,(H3,31,32,33,34,35). The molecule has 0 amide bonds. The fraction of sp³-hybridized carbons (Fsp3) is 0.448. The van der Waals surface area contributed by atoms with E-state index in [0.29, 0.717) is 47.7 Å². The van der Waals surface area contributed by atoms with Crippen molar-refractivity contribution in [3.05, 3.63) is 47.8 Å². The molecule has 0 spiro atoms. The molecular weight excluding hydrogens is 545 g/mol. The third kappa shape index (κ3) is 5.76. The molecule has 3 aromatic rings. The number of benzene rings is 2. The van der Waals surface area contributed by atoms with Gasteiger partial charge in [-0.05, 0) is 71.5 Å². The first-order valence-electron chi connectivity index (χ1n) is 13.9. The van der Waals surface area contributed by atoms with Crippen molar-refractivity contribution >= 4 is 44.5 Å². The summed E-state index contributed by atoms with van der Waals surface area (Å²) in [6.45, 7) is 5.51. The molecule has 0 radical (unpaired) electrons. The molecule has 0 bridgehead atoms. The number of anilines is 6. The highest BCUT2D eigenvalue weighted by Gasteiger charge is 2.27. The number of nitrogens with one attached hydrogen (secondary N) is 3. The molecule has 10 nitrogen and oxygen atoms in total. The molecule has 2 aliphatic rings. The van der Waals surface area contributed by atoms with Gasteiger partial charge in [-0.1, -0.05) is 12.1 Å². The monoisotopic (exact) mass is 583 g/mol.